The molecule has 9 heteroatoms. The summed E-state index contributed by atoms with van der Waals surface area (Å²) < 4.78 is 13.5. The zero-order chi connectivity index (χ0) is 17.7. The molecule has 1 aliphatic rings. The maximum absolute atomic E-state index is 13.5. The van der Waals surface area contributed by atoms with E-state index in [9.17, 15) is 14.0 Å². The Morgan fingerprint density at radius 1 is 1.15 bits per heavy atom. The SMILES string of the molecule is CC(C)(N)C(=O)N1CCN(CCNC(=O)c2ccccc2F)CC1.Cl.Cl. The molecule has 6 nitrogen and oxygen atoms in total. The first-order chi connectivity index (χ1) is 11.3. The van der Waals surface area contributed by atoms with Crippen LogP contribution >= 0.6 is 24.8 Å². The number of piperazine rings is 1. The lowest BCUT2D eigenvalue weighted by Crippen LogP contribution is -2.57. The van der Waals surface area contributed by atoms with Crippen LogP contribution in [0.1, 0.15) is 24.2 Å². The lowest BCUT2D eigenvalue weighted by atomic mass is 10.0. The van der Waals surface area contributed by atoms with Gasteiger partial charge in [0.25, 0.3) is 5.91 Å². The minimum Gasteiger partial charge on any atom is -0.351 e. The molecule has 1 aromatic rings. The monoisotopic (exact) mass is 408 g/mol. The summed E-state index contributed by atoms with van der Waals surface area (Å²) in [5, 5.41) is 2.72. The standard InChI is InChI=1S/C17H25FN4O2.2ClH/c1-17(2,19)16(24)22-11-9-21(10-12-22)8-7-20-15(23)13-5-3-4-6-14(13)18;;/h3-6H,7-12,19H2,1-2H3,(H,20,23);2*1H. The van der Waals surface area contributed by atoms with Crippen molar-refractivity contribution >= 4 is 36.6 Å². The normalized spacial score (nSPS) is 14.8. The van der Waals surface area contributed by atoms with Crippen molar-refractivity contribution < 1.29 is 14.0 Å². The minimum atomic E-state index is -0.851. The fourth-order valence-electron chi connectivity index (χ4n) is 2.65. The maximum Gasteiger partial charge on any atom is 0.254 e. The van der Waals surface area contributed by atoms with Crippen LogP contribution in [0.25, 0.3) is 0 Å². The number of carbonyl (C=O) groups excluding carboxylic acids is 2. The van der Waals surface area contributed by atoms with E-state index in [4.69, 9.17) is 5.73 Å². The third-order valence-corrected chi connectivity index (χ3v) is 4.04. The number of nitrogens with one attached hydrogen (secondary N) is 1. The highest BCUT2D eigenvalue weighted by atomic mass is 35.5. The number of rotatable bonds is 5. The number of hydrogen-bond acceptors (Lipinski definition) is 4. The maximum atomic E-state index is 13.5. The van der Waals surface area contributed by atoms with Gasteiger partial charge in [-0.25, -0.2) is 4.39 Å². The zero-order valence-corrected chi connectivity index (χ0v) is 16.7. The number of nitrogens with two attached hydrogens (primary N) is 1. The van der Waals surface area contributed by atoms with Crippen LogP contribution in [0.15, 0.2) is 24.3 Å². The number of hydrogen-bond donors (Lipinski definition) is 2. The summed E-state index contributed by atoms with van der Waals surface area (Å²) in [6.45, 7) is 7.23. The molecule has 1 heterocycles. The quantitative estimate of drug-likeness (QED) is 0.768. The van der Waals surface area contributed by atoms with Crippen LogP contribution in [0.5, 0.6) is 0 Å². The molecule has 0 aliphatic carbocycles. The predicted octanol–water partition coefficient (Wildman–Crippen LogP) is 1.28. The molecule has 0 spiro atoms. The van der Waals surface area contributed by atoms with E-state index in [2.05, 4.69) is 10.2 Å². The van der Waals surface area contributed by atoms with Gasteiger partial charge < -0.3 is 16.0 Å². The molecule has 148 valence electrons. The second-order valence-corrected chi connectivity index (χ2v) is 6.59. The van der Waals surface area contributed by atoms with Crippen LogP contribution in [0.2, 0.25) is 0 Å². The summed E-state index contributed by atoms with van der Waals surface area (Å²) in [4.78, 5) is 28.0. The topological polar surface area (TPSA) is 78.7 Å². The van der Waals surface area contributed by atoms with Gasteiger partial charge in [-0.15, -0.1) is 24.8 Å². The minimum absolute atomic E-state index is 0. The van der Waals surface area contributed by atoms with Gasteiger partial charge in [-0.2, -0.15) is 0 Å². The summed E-state index contributed by atoms with van der Waals surface area (Å²) in [7, 11) is 0. The van der Waals surface area contributed by atoms with Crippen LogP contribution in [0.3, 0.4) is 0 Å². The second kappa shape index (κ2) is 10.7. The van der Waals surface area contributed by atoms with Crippen molar-refractivity contribution in [1.82, 2.24) is 15.1 Å². The van der Waals surface area contributed by atoms with Crippen molar-refractivity contribution in [2.24, 2.45) is 5.73 Å². The van der Waals surface area contributed by atoms with E-state index in [1.165, 1.54) is 12.1 Å². The second-order valence-electron chi connectivity index (χ2n) is 6.59. The number of benzene rings is 1. The molecule has 0 atom stereocenters. The molecule has 1 saturated heterocycles. The summed E-state index contributed by atoms with van der Waals surface area (Å²) in [5.74, 6) is -0.978. The van der Waals surface area contributed by atoms with Crippen LogP contribution in [-0.4, -0.2) is 66.4 Å². The van der Waals surface area contributed by atoms with E-state index < -0.39 is 17.3 Å². The van der Waals surface area contributed by atoms with E-state index in [-0.39, 0.29) is 36.3 Å². The Bertz CT molecular complexity index is 603. The molecule has 0 bridgehead atoms. The molecule has 26 heavy (non-hydrogen) atoms. The summed E-state index contributed by atoms with van der Waals surface area (Å²) >= 11 is 0. The van der Waals surface area contributed by atoms with Gasteiger partial charge in [0, 0.05) is 39.3 Å². The highest BCUT2D eigenvalue weighted by molar-refractivity contribution is 5.94. The summed E-state index contributed by atoms with van der Waals surface area (Å²) in [6, 6.07) is 5.91. The number of carbonyl (C=O) groups is 2. The molecule has 0 unspecified atom stereocenters. The molecule has 3 N–H and O–H groups in total. The van der Waals surface area contributed by atoms with E-state index in [0.717, 1.165) is 13.1 Å². The highest BCUT2D eigenvalue weighted by Crippen LogP contribution is 2.09. The molecule has 1 fully saturated rings. The predicted molar refractivity (Wildman–Crippen MR) is 105 cm³/mol. The van der Waals surface area contributed by atoms with Gasteiger partial charge in [0.1, 0.15) is 5.82 Å². The Morgan fingerprint density at radius 3 is 2.27 bits per heavy atom. The van der Waals surface area contributed by atoms with Gasteiger partial charge >= 0.3 is 0 Å². The van der Waals surface area contributed by atoms with Crippen LogP contribution < -0.4 is 11.1 Å². The molecule has 2 rings (SSSR count). The van der Waals surface area contributed by atoms with E-state index in [0.29, 0.717) is 26.2 Å². The van der Waals surface area contributed by atoms with Crippen molar-refractivity contribution in [1.29, 1.82) is 0 Å². The Balaban J connectivity index is 0.00000312. The Hall–Kier alpha value is -1.41. The number of amides is 2. The Labute approximate surface area is 166 Å². The van der Waals surface area contributed by atoms with Gasteiger partial charge in [-0.05, 0) is 26.0 Å². The first-order valence-corrected chi connectivity index (χ1v) is 8.12. The van der Waals surface area contributed by atoms with Crippen molar-refractivity contribution in [3.63, 3.8) is 0 Å². The molecule has 0 radical (unpaired) electrons. The molecular formula is C17H27Cl2FN4O2. The molecule has 0 aromatic heterocycles. The molecular weight excluding hydrogens is 382 g/mol. The van der Waals surface area contributed by atoms with Gasteiger partial charge in [0.15, 0.2) is 0 Å². The van der Waals surface area contributed by atoms with Crippen LogP contribution in [-0.2, 0) is 4.79 Å². The van der Waals surface area contributed by atoms with E-state index >= 15 is 0 Å². The van der Waals surface area contributed by atoms with Crippen molar-refractivity contribution in [3.05, 3.63) is 35.6 Å². The van der Waals surface area contributed by atoms with Crippen LogP contribution in [0, 0.1) is 5.82 Å². The lowest BCUT2D eigenvalue weighted by Gasteiger charge is -2.37. The Kier molecular flexibility index (Phi) is 10.1. The third-order valence-electron chi connectivity index (χ3n) is 4.04. The molecule has 0 saturated carbocycles. The first-order valence-electron chi connectivity index (χ1n) is 8.12. The van der Waals surface area contributed by atoms with Crippen molar-refractivity contribution in [2.75, 3.05) is 39.3 Å². The summed E-state index contributed by atoms with van der Waals surface area (Å²) in [5.41, 5.74) is 5.05. The lowest BCUT2D eigenvalue weighted by molar-refractivity contribution is -0.137. The highest BCUT2D eigenvalue weighted by Gasteiger charge is 2.30. The largest absolute Gasteiger partial charge is 0.351 e. The molecule has 1 aromatic carbocycles. The average molecular weight is 409 g/mol. The van der Waals surface area contributed by atoms with Crippen LogP contribution in [0.4, 0.5) is 4.39 Å². The fraction of sp³-hybridized carbons (Fsp3) is 0.529. The Morgan fingerprint density at radius 2 is 1.73 bits per heavy atom. The van der Waals surface area contributed by atoms with Crippen molar-refractivity contribution in [2.45, 2.75) is 19.4 Å². The van der Waals surface area contributed by atoms with Gasteiger partial charge in [0.05, 0.1) is 11.1 Å². The molecule has 2 amide bonds. The fourth-order valence-corrected chi connectivity index (χ4v) is 2.65. The first kappa shape index (κ1) is 24.6. The smallest absolute Gasteiger partial charge is 0.254 e. The van der Waals surface area contributed by atoms with Gasteiger partial charge in [-0.1, -0.05) is 12.1 Å². The van der Waals surface area contributed by atoms with E-state index in [1.54, 1.807) is 30.9 Å². The summed E-state index contributed by atoms with van der Waals surface area (Å²) in [6.07, 6.45) is 0. The molecule has 1 aliphatic heterocycles. The van der Waals surface area contributed by atoms with Crippen molar-refractivity contribution in [3.8, 4) is 0 Å². The van der Waals surface area contributed by atoms with Gasteiger partial charge in [-0.3, -0.25) is 14.5 Å². The number of halogens is 3. The van der Waals surface area contributed by atoms with E-state index in [1.807, 2.05) is 0 Å². The average Bonchev–Trinajstić information content (AvgIpc) is 2.54. The zero-order valence-electron chi connectivity index (χ0n) is 15.0. The van der Waals surface area contributed by atoms with Gasteiger partial charge in [0.2, 0.25) is 5.91 Å². The third kappa shape index (κ3) is 6.72. The number of nitrogens with zero attached hydrogens (tertiary/aromatic N) is 2.